The molecule has 2 saturated heterocycles. The molecule has 0 radical (unpaired) electrons. The molecule has 3 rings (SSSR count). The lowest BCUT2D eigenvalue weighted by molar-refractivity contribution is 0.100. The minimum atomic E-state index is -0.444. The van der Waals surface area contributed by atoms with Crippen LogP contribution < -0.4 is 16.0 Å². The third kappa shape index (κ3) is 2.50. The number of carbonyl (C=O) groups is 1. The first kappa shape index (κ1) is 13.7. The van der Waals surface area contributed by atoms with Crippen LogP contribution in [0.1, 0.15) is 36.0 Å². The van der Waals surface area contributed by atoms with Crippen LogP contribution in [-0.4, -0.2) is 31.1 Å². The molecule has 4 nitrogen and oxygen atoms in total. The second kappa shape index (κ2) is 5.26. The van der Waals surface area contributed by atoms with E-state index in [1.165, 1.54) is 12.8 Å². The Morgan fingerprint density at radius 2 is 2.00 bits per heavy atom. The Kier molecular flexibility index (Phi) is 3.61. The SMILES string of the molecule is CN(c1ccc(C(N)=O)cc1Cl)C1CC2CCC(C1)N2. The van der Waals surface area contributed by atoms with E-state index < -0.39 is 5.91 Å². The van der Waals surface area contributed by atoms with Crippen molar-refractivity contribution in [1.82, 2.24) is 5.32 Å². The third-order valence-electron chi connectivity index (χ3n) is 4.61. The quantitative estimate of drug-likeness (QED) is 0.898. The van der Waals surface area contributed by atoms with Crippen molar-refractivity contribution in [1.29, 1.82) is 0 Å². The fraction of sp³-hybridized carbons (Fsp3) is 0.533. The Bertz CT molecular complexity index is 522. The van der Waals surface area contributed by atoms with Crippen LogP contribution in [0, 0.1) is 0 Å². The minimum absolute atomic E-state index is 0.444. The minimum Gasteiger partial charge on any atom is -0.370 e. The summed E-state index contributed by atoms with van der Waals surface area (Å²) in [5.74, 6) is -0.444. The highest BCUT2D eigenvalue weighted by Gasteiger charge is 2.35. The van der Waals surface area contributed by atoms with Gasteiger partial charge in [0.05, 0.1) is 10.7 Å². The highest BCUT2D eigenvalue weighted by molar-refractivity contribution is 6.33. The van der Waals surface area contributed by atoms with Crippen molar-refractivity contribution >= 4 is 23.2 Å². The van der Waals surface area contributed by atoms with Crippen LogP contribution in [0.3, 0.4) is 0 Å². The van der Waals surface area contributed by atoms with Crippen LogP contribution in [0.15, 0.2) is 18.2 Å². The van der Waals surface area contributed by atoms with E-state index in [2.05, 4.69) is 17.3 Å². The van der Waals surface area contributed by atoms with E-state index in [9.17, 15) is 4.79 Å². The lowest BCUT2D eigenvalue weighted by atomic mass is 9.98. The molecule has 1 amide bonds. The number of hydrogen-bond donors (Lipinski definition) is 2. The second-order valence-corrected chi connectivity index (χ2v) is 6.31. The topological polar surface area (TPSA) is 58.4 Å². The maximum absolute atomic E-state index is 11.2. The number of nitrogens with one attached hydrogen (secondary N) is 1. The van der Waals surface area contributed by atoms with Gasteiger partial charge in [0, 0.05) is 30.7 Å². The molecule has 2 bridgehead atoms. The number of halogens is 1. The Morgan fingerprint density at radius 3 is 2.55 bits per heavy atom. The summed E-state index contributed by atoms with van der Waals surface area (Å²) in [6.45, 7) is 0. The molecule has 1 aromatic carbocycles. The second-order valence-electron chi connectivity index (χ2n) is 5.90. The van der Waals surface area contributed by atoms with Gasteiger partial charge >= 0.3 is 0 Å². The largest absolute Gasteiger partial charge is 0.370 e. The molecule has 0 aliphatic carbocycles. The van der Waals surface area contributed by atoms with Crippen molar-refractivity contribution in [2.75, 3.05) is 11.9 Å². The number of nitrogens with two attached hydrogens (primary N) is 1. The van der Waals surface area contributed by atoms with E-state index in [4.69, 9.17) is 17.3 Å². The van der Waals surface area contributed by atoms with Crippen LogP contribution >= 0.6 is 11.6 Å². The van der Waals surface area contributed by atoms with Gasteiger partial charge in [-0.2, -0.15) is 0 Å². The number of piperidine rings is 1. The highest BCUT2D eigenvalue weighted by atomic mass is 35.5. The first-order chi connectivity index (χ1) is 9.54. The van der Waals surface area contributed by atoms with Crippen LogP contribution in [0.2, 0.25) is 5.02 Å². The number of rotatable bonds is 3. The molecular formula is C15H20ClN3O. The first-order valence-corrected chi connectivity index (χ1v) is 7.50. The molecular weight excluding hydrogens is 274 g/mol. The highest BCUT2D eigenvalue weighted by Crippen LogP contribution is 2.34. The maximum atomic E-state index is 11.2. The van der Waals surface area contributed by atoms with Crippen molar-refractivity contribution in [3.05, 3.63) is 28.8 Å². The summed E-state index contributed by atoms with van der Waals surface area (Å²) in [4.78, 5) is 13.4. The monoisotopic (exact) mass is 293 g/mol. The lowest BCUT2D eigenvalue weighted by Crippen LogP contribution is -2.47. The summed E-state index contributed by atoms with van der Waals surface area (Å²) in [5.41, 5.74) is 6.71. The standard InChI is InChI=1S/C15H20ClN3O/c1-19(12-7-10-3-4-11(8-12)18-10)14-5-2-9(15(17)20)6-13(14)16/h2,5-6,10-12,18H,3-4,7-8H2,1H3,(H2,17,20). The number of fused-ring (bicyclic) bond motifs is 2. The molecule has 2 heterocycles. The Morgan fingerprint density at radius 1 is 1.35 bits per heavy atom. The van der Waals surface area contributed by atoms with E-state index in [1.807, 2.05) is 6.07 Å². The molecule has 20 heavy (non-hydrogen) atoms. The van der Waals surface area contributed by atoms with E-state index in [-0.39, 0.29) is 0 Å². The predicted molar refractivity (Wildman–Crippen MR) is 81.3 cm³/mol. The average molecular weight is 294 g/mol. The fourth-order valence-corrected chi connectivity index (χ4v) is 3.80. The number of hydrogen-bond acceptors (Lipinski definition) is 3. The smallest absolute Gasteiger partial charge is 0.248 e. The molecule has 1 aromatic rings. The lowest BCUT2D eigenvalue weighted by Gasteiger charge is -2.37. The average Bonchev–Trinajstić information content (AvgIpc) is 2.76. The van der Waals surface area contributed by atoms with Gasteiger partial charge in [0.25, 0.3) is 0 Å². The zero-order chi connectivity index (χ0) is 14.3. The summed E-state index contributed by atoms with van der Waals surface area (Å²) in [5, 5.41) is 4.24. The molecule has 2 atom stereocenters. The third-order valence-corrected chi connectivity index (χ3v) is 4.91. The van der Waals surface area contributed by atoms with Crippen molar-refractivity contribution in [2.24, 2.45) is 5.73 Å². The molecule has 0 saturated carbocycles. The van der Waals surface area contributed by atoms with Gasteiger partial charge in [0.1, 0.15) is 0 Å². The number of anilines is 1. The molecule has 0 aromatic heterocycles. The zero-order valence-corrected chi connectivity index (χ0v) is 12.4. The number of primary amides is 1. The summed E-state index contributed by atoms with van der Waals surface area (Å²) >= 11 is 6.31. The van der Waals surface area contributed by atoms with E-state index >= 15 is 0 Å². The van der Waals surface area contributed by atoms with E-state index in [0.717, 1.165) is 18.5 Å². The Hall–Kier alpha value is -1.26. The van der Waals surface area contributed by atoms with Gasteiger partial charge in [0.2, 0.25) is 5.91 Å². The van der Waals surface area contributed by atoms with Gasteiger partial charge in [-0.1, -0.05) is 11.6 Å². The first-order valence-electron chi connectivity index (χ1n) is 7.13. The Labute approximate surface area is 124 Å². The maximum Gasteiger partial charge on any atom is 0.248 e. The molecule has 108 valence electrons. The summed E-state index contributed by atoms with van der Waals surface area (Å²) in [7, 11) is 2.08. The van der Waals surface area contributed by atoms with Gasteiger partial charge < -0.3 is 16.0 Å². The van der Waals surface area contributed by atoms with E-state index in [1.54, 1.807) is 12.1 Å². The van der Waals surface area contributed by atoms with Crippen LogP contribution in [0.25, 0.3) is 0 Å². The van der Waals surface area contributed by atoms with Gasteiger partial charge in [-0.25, -0.2) is 0 Å². The summed E-state index contributed by atoms with van der Waals surface area (Å²) in [6.07, 6.45) is 4.87. The number of benzene rings is 1. The van der Waals surface area contributed by atoms with Gasteiger partial charge in [-0.05, 0) is 43.9 Å². The van der Waals surface area contributed by atoms with E-state index in [0.29, 0.717) is 28.7 Å². The van der Waals surface area contributed by atoms with Gasteiger partial charge in [-0.15, -0.1) is 0 Å². The Balaban J connectivity index is 1.80. The van der Waals surface area contributed by atoms with Crippen LogP contribution in [0.4, 0.5) is 5.69 Å². The van der Waals surface area contributed by atoms with Crippen LogP contribution in [-0.2, 0) is 0 Å². The fourth-order valence-electron chi connectivity index (χ4n) is 3.49. The van der Waals surface area contributed by atoms with Gasteiger partial charge in [-0.3, -0.25) is 4.79 Å². The predicted octanol–water partition coefficient (Wildman–Crippen LogP) is 2.16. The van der Waals surface area contributed by atoms with Crippen molar-refractivity contribution in [3.8, 4) is 0 Å². The number of carbonyl (C=O) groups excluding carboxylic acids is 1. The van der Waals surface area contributed by atoms with Crippen molar-refractivity contribution in [2.45, 2.75) is 43.8 Å². The molecule has 2 aliphatic heterocycles. The number of nitrogens with zero attached hydrogens (tertiary/aromatic N) is 1. The zero-order valence-electron chi connectivity index (χ0n) is 11.6. The molecule has 5 heteroatoms. The summed E-state index contributed by atoms with van der Waals surface area (Å²) < 4.78 is 0. The summed E-state index contributed by atoms with van der Waals surface area (Å²) in [6, 6.07) is 7.09. The molecule has 2 fully saturated rings. The molecule has 0 spiro atoms. The van der Waals surface area contributed by atoms with Crippen molar-refractivity contribution < 1.29 is 4.79 Å². The molecule has 2 aliphatic rings. The molecule has 2 unspecified atom stereocenters. The normalized spacial score (nSPS) is 28.4. The van der Waals surface area contributed by atoms with Gasteiger partial charge in [0.15, 0.2) is 0 Å². The molecule has 3 N–H and O–H groups in total. The number of amides is 1. The van der Waals surface area contributed by atoms with Crippen molar-refractivity contribution in [3.63, 3.8) is 0 Å². The van der Waals surface area contributed by atoms with Crippen LogP contribution in [0.5, 0.6) is 0 Å².